The van der Waals surface area contributed by atoms with E-state index in [0.717, 1.165) is 27.9 Å². The van der Waals surface area contributed by atoms with E-state index in [-0.39, 0.29) is 9.88 Å². The number of hydrazine groups is 1. The van der Waals surface area contributed by atoms with Crippen molar-refractivity contribution in [3.8, 4) is 5.75 Å². The van der Waals surface area contributed by atoms with Crippen molar-refractivity contribution in [1.82, 2.24) is 10.4 Å². The van der Waals surface area contributed by atoms with Gasteiger partial charge in [-0.05, 0) is 49.0 Å². The Morgan fingerprint density at radius 2 is 2.04 bits per heavy atom. The minimum absolute atomic E-state index is 0.234. The number of methoxy groups -OCH3 is 1. The van der Waals surface area contributed by atoms with Crippen LogP contribution in [-0.4, -0.2) is 28.3 Å². The van der Waals surface area contributed by atoms with Crippen molar-refractivity contribution in [2.75, 3.05) is 7.11 Å². The van der Waals surface area contributed by atoms with E-state index < -0.39 is 11.8 Å². The SMILES string of the molecule is COc1ccccc1/C=C1\SC(=S)N(NC(=O)c2ccc(C)cc2Cl)C1=O. The van der Waals surface area contributed by atoms with Crippen molar-refractivity contribution in [3.63, 3.8) is 0 Å². The third-order valence-corrected chi connectivity index (χ3v) is 5.42. The molecule has 0 saturated carbocycles. The molecule has 0 radical (unpaired) electrons. The molecule has 0 atom stereocenters. The van der Waals surface area contributed by atoms with Crippen LogP contribution in [0.2, 0.25) is 5.02 Å². The second kappa shape index (κ2) is 8.12. The van der Waals surface area contributed by atoms with Crippen molar-refractivity contribution in [2.24, 2.45) is 0 Å². The number of hydrogen-bond acceptors (Lipinski definition) is 5. The second-order valence-corrected chi connectivity index (χ2v) is 7.77. The third-order valence-electron chi connectivity index (χ3n) is 3.80. The van der Waals surface area contributed by atoms with E-state index in [1.54, 1.807) is 37.5 Å². The van der Waals surface area contributed by atoms with Crippen molar-refractivity contribution < 1.29 is 14.3 Å². The van der Waals surface area contributed by atoms with Crippen LogP contribution in [0.15, 0.2) is 47.4 Å². The fourth-order valence-corrected chi connectivity index (χ4v) is 3.95. The van der Waals surface area contributed by atoms with Gasteiger partial charge in [0.25, 0.3) is 11.8 Å². The third kappa shape index (κ3) is 4.16. The first-order valence-corrected chi connectivity index (χ1v) is 9.49. The van der Waals surface area contributed by atoms with Crippen LogP contribution < -0.4 is 10.2 Å². The Kier molecular flexibility index (Phi) is 5.84. The summed E-state index contributed by atoms with van der Waals surface area (Å²) in [4.78, 5) is 25.6. The maximum Gasteiger partial charge on any atom is 0.285 e. The summed E-state index contributed by atoms with van der Waals surface area (Å²) >= 11 is 12.5. The molecule has 0 bridgehead atoms. The number of benzene rings is 2. The molecule has 1 fully saturated rings. The summed E-state index contributed by atoms with van der Waals surface area (Å²) in [6, 6.07) is 12.4. The van der Waals surface area contributed by atoms with Crippen LogP contribution in [0.25, 0.3) is 6.08 Å². The fourth-order valence-electron chi connectivity index (χ4n) is 2.46. The fraction of sp³-hybridized carbons (Fsp3) is 0.105. The number of carbonyl (C=O) groups excluding carboxylic acids is 2. The maximum atomic E-state index is 12.7. The lowest BCUT2D eigenvalue weighted by atomic mass is 10.1. The summed E-state index contributed by atoms with van der Waals surface area (Å²) in [6.07, 6.45) is 1.68. The molecular weight excluding hydrogens is 404 g/mol. The average molecular weight is 419 g/mol. The molecule has 0 aromatic heterocycles. The lowest BCUT2D eigenvalue weighted by Gasteiger charge is -2.16. The number of carbonyl (C=O) groups is 2. The van der Waals surface area contributed by atoms with Crippen molar-refractivity contribution in [3.05, 3.63) is 69.1 Å². The smallest absolute Gasteiger partial charge is 0.285 e. The first-order valence-electron chi connectivity index (χ1n) is 7.89. The number of nitrogens with zero attached hydrogens (tertiary/aromatic N) is 1. The molecule has 1 N–H and O–H groups in total. The van der Waals surface area contributed by atoms with Crippen LogP contribution in [0.3, 0.4) is 0 Å². The van der Waals surface area contributed by atoms with E-state index >= 15 is 0 Å². The number of para-hydroxylation sites is 1. The Balaban J connectivity index is 1.82. The number of ether oxygens (including phenoxy) is 1. The zero-order valence-electron chi connectivity index (χ0n) is 14.5. The molecule has 2 amide bonds. The Morgan fingerprint density at radius 3 is 2.74 bits per heavy atom. The van der Waals surface area contributed by atoms with Crippen LogP contribution in [0.5, 0.6) is 5.75 Å². The van der Waals surface area contributed by atoms with E-state index in [0.29, 0.717) is 15.7 Å². The van der Waals surface area contributed by atoms with E-state index in [4.69, 9.17) is 28.6 Å². The number of hydrogen-bond donors (Lipinski definition) is 1. The van der Waals surface area contributed by atoms with Crippen molar-refractivity contribution in [2.45, 2.75) is 6.92 Å². The Bertz CT molecular complexity index is 975. The van der Waals surface area contributed by atoms with E-state index in [9.17, 15) is 9.59 Å². The largest absolute Gasteiger partial charge is 0.496 e. The van der Waals surface area contributed by atoms with Gasteiger partial charge in [-0.15, -0.1) is 0 Å². The standard InChI is InChI=1S/C19H15ClN2O3S2/c1-11-7-8-13(14(20)9-11)17(23)21-22-18(24)16(27-19(22)26)10-12-5-3-4-6-15(12)25-2/h3-10H,1-2H3,(H,21,23)/b16-10-. The quantitative estimate of drug-likeness (QED) is 0.595. The number of nitrogens with one attached hydrogen (secondary N) is 1. The van der Waals surface area contributed by atoms with Gasteiger partial charge in [-0.1, -0.05) is 47.6 Å². The van der Waals surface area contributed by atoms with Crippen LogP contribution in [0.1, 0.15) is 21.5 Å². The van der Waals surface area contributed by atoms with Gasteiger partial charge >= 0.3 is 0 Å². The van der Waals surface area contributed by atoms with Gasteiger partial charge in [0.2, 0.25) is 0 Å². The molecule has 8 heteroatoms. The summed E-state index contributed by atoms with van der Waals surface area (Å²) in [5.41, 5.74) is 4.47. The minimum Gasteiger partial charge on any atom is -0.496 e. The molecular formula is C19H15ClN2O3S2. The van der Waals surface area contributed by atoms with Gasteiger partial charge in [0.05, 0.1) is 22.6 Å². The number of amides is 2. The normalized spacial score (nSPS) is 15.4. The molecule has 1 saturated heterocycles. The van der Waals surface area contributed by atoms with Gasteiger partial charge in [0.15, 0.2) is 4.32 Å². The molecule has 0 unspecified atom stereocenters. The first-order chi connectivity index (χ1) is 12.9. The molecule has 0 spiro atoms. The van der Waals surface area contributed by atoms with Gasteiger partial charge in [-0.3, -0.25) is 15.0 Å². The molecule has 27 heavy (non-hydrogen) atoms. The molecule has 3 rings (SSSR count). The van der Waals surface area contributed by atoms with Gasteiger partial charge in [0, 0.05) is 5.56 Å². The molecule has 1 heterocycles. The molecule has 1 aliphatic heterocycles. The highest BCUT2D eigenvalue weighted by Gasteiger charge is 2.34. The number of halogens is 1. The first kappa shape index (κ1) is 19.4. The van der Waals surface area contributed by atoms with Gasteiger partial charge in [0.1, 0.15) is 5.75 Å². The number of thioether (sulfide) groups is 1. The van der Waals surface area contributed by atoms with E-state index in [1.165, 1.54) is 0 Å². The number of thiocarbonyl (C=S) groups is 1. The maximum absolute atomic E-state index is 12.7. The van der Waals surface area contributed by atoms with Gasteiger partial charge in [-0.25, -0.2) is 0 Å². The molecule has 138 valence electrons. The zero-order chi connectivity index (χ0) is 19.6. The Hall–Kier alpha value is -2.35. The van der Waals surface area contributed by atoms with Crippen LogP contribution in [-0.2, 0) is 4.79 Å². The van der Waals surface area contributed by atoms with Crippen molar-refractivity contribution in [1.29, 1.82) is 0 Å². The lowest BCUT2D eigenvalue weighted by Crippen LogP contribution is -2.44. The van der Waals surface area contributed by atoms with Crippen LogP contribution in [0, 0.1) is 6.92 Å². The Morgan fingerprint density at radius 1 is 1.30 bits per heavy atom. The summed E-state index contributed by atoms with van der Waals surface area (Å²) in [5.74, 6) is -0.277. The molecule has 2 aromatic rings. The zero-order valence-corrected chi connectivity index (χ0v) is 16.9. The summed E-state index contributed by atoms with van der Waals surface area (Å²) in [5, 5.41) is 1.36. The highest BCUT2D eigenvalue weighted by molar-refractivity contribution is 8.26. The summed E-state index contributed by atoms with van der Waals surface area (Å²) in [6.45, 7) is 1.87. The Labute approximate surface area is 171 Å². The molecule has 1 aliphatic rings. The molecule has 5 nitrogen and oxygen atoms in total. The highest BCUT2D eigenvalue weighted by Crippen LogP contribution is 2.33. The monoisotopic (exact) mass is 418 g/mol. The minimum atomic E-state index is -0.505. The lowest BCUT2D eigenvalue weighted by molar-refractivity contribution is -0.123. The summed E-state index contributed by atoms with van der Waals surface area (Å²) in [7, 11) is 1.56. The predicted molar refractivity (Wildman–Crippen MR) is 112 cm³/mol. The van der Waals surface area contributed by atoms with Crippen LogP contribution >= 0.6 is 35.6 Å². The molecule has 2 aromatic carbocycles. The number of aryl methyl sites for hydroxylation is 1. The average Bonchev–Trinajstić information content (AvgIpc) is 2.89. The van der Waals surface area contributed by atoms with Gasteiger partial charge in [-0.2, -0.15) is 5.01 Å². The summed E-state index contributed by atoms with van der Waals surface area (Å²) < 4.78 is 5.53. The highest BCUT2D eigenvalue weighted by atomic mass is 35.5. The second-order valence-electron chi connectivity index (χ2n) is 5.68. The molecule has 0 aliphatic carbocycles. The van der Waals surface area contributed by atoms with E-state index in [1.807, 2.05) is 25.1 Å². The van der Waals surface area contributed by atoms with Crippen molar-refractivity contribution >= 4 is 57.8 Å². The van der Waals surface area contributed by atoms with Gasteiger partial charge < -0.3 is 4.74 Å². The number of rotatable bonds is 4. The topological polar surface area (TPSA) is 58.6 Å². The van der Waals surface area contributed by atoms with E-state index in [2.05, 4.69) is 5.43 Å². The van der Waals surface area contributed by atoms with Crippen LogP contribution in [0.4, 0.5) is 0 Å². The predicted octanol–water partition coefficient (Wildman–Crippen LogP) is 4.20.